The molecule has 16 nitrogen and oxygen atoms in total. The van der Waals surface area contributed by atoms with Crippen molar-refractivity contribution >= 4 is 76.5 Å². The summed E-state index contributed by atoms with van der Waals surface area (Å²) in [5, 5.41) is 17.3. The van der Waals surface area contributed by atoms with Crippen molar-refractivity contribution in [2.24, 2.45) is 23.7 Å². The SMILES string of the molecule is CCCC(=O)O.CSc1ccc(C(=O)/C=C/CCc2cc(C)c(OC(C)(C)C(=O)OC(C)(C)C)c(C)c2)cc1.CSc1ccc(C(=O)[C@H]2CN(C)C[C@@H]2CCc2cc(C)c(OC(C)(C)C(=O)O)c(C)c2)cc1.CSc1ccc(C(=O)[C@H]2CN(C)C[C@@H]2CCc2cc(C)c(OC(C)(C)C(=O)OC(C)(C)C)c(C)c2)cc1. The number of thioether (sulfide) groups is 3. The van der Waals surface area contributed by atoms with Gasteiger partial charge in [-0.05, 0) is 319 Å². The summed E-state index contributed by atoms with van der Waals surface area (Å²) in [6.45, 7) is 38.4. The number of carbonyl (C=O) groups excluding carboxylic acids is 5. The number of ketones is 3. The summed E-state index contributed by atoms with van der Waals surface area (Å²) < 4.78 is 29.2. The number of ether oxygens (including phenoxy) is 5. The molecule has 4 atom stereocenters. The summed E-state index contributed by atoms with van der Waals surface area (Å²) >= 11 is 5.02. The maximum absolute atomic E-state index is 13.4. The molecule has 0 radical (unpaired) electrons. The van der Waals surface area contributed by atoms with Crippen molar-refractivity contribution in [3.05, 3.63) is 188 Å². The molecule has 2 saturated heterocycles. The molecule has 2 N–H and O–H groups in total. The van der Waals surface area contributed by atoms with Gasteiger partial charge in [-0.2, -0.15) is 0 Å². The minimum absolute atomic E-state index is 0.0105. The fourth-order valence-corrected chi connectivity index (χ4v) is 14.5. The zero-order valence-corrected chi connectivity index (χ0v) is 71.7. The largest absolute Gasteiger partial charge is 0.481 e. The Morgan fingerprint density at radius 1 is 0.450 bits per heavy atom. The van der Waals surface area contributed by atoms with Crippen LogP contribution < -0.4 is 14.2 Å². The molecule has 8 rings (SSSR count). The Labute approximate surface area is 663 Å². The van der Waals surface area contributed by atoms with Crippen molar-refractivity contribution in [2.75, 3.05) is 59.0 Å². The Morgan fingerprint density at radius 3 is 1.03 bits per heavy atom. The van der Waals surface area contributed by atoms with Crippen LogP contribution in [0, 0.1) is 65.2 Å². The summed E-state index contributed by atoms with van der Waals surface area (Å²) in [6, 6.07) is 36.2. The number of allylic oxidation sites excluding steroid dienone is 2. The number of hydrogen-bond acceptors (Lipinski definition) is 17. The van der Waals surface area contributed by atoms with Crippen LogP contribution in [0.15, 0.2) is 136 Å². The molecule has 109 heavy (non-hydrogen) atoms. The molecule has 2 heterocycles. The summed E-state index contributed by atoms with van der Waals surface area (Å²) in [5.74, 6) is 0.750. The third-order valence-corrected chi connectivity index (χ3v) is 21.1. The average Bonchev–Trinajstić information content (AvgIpc) is 1.55. The van der Waals surface area contributed by atoms with Crippen LogP contribution in [0.25, 0.3) is 0 Å². The van der Waals surface area contributed by atoms with Gasteiger partial charge in [-0.25, -0.2) is 14.4 Å². The van der Waals surface area contributed by atoms with Crippen molar-refractivity contribution in [3.63, 3.8) is 0 Å². The number of carboxylic acids is 2. The van der Waals surface area contributed by atoms with Gasteiger partial charge < -0.3 is 43.7 Å². The van der Waals surface area contributed by atoms with Crippen LogP contribution in [0.3, 0.4) is 0 Å². The number of Topliss-reactive ketones (excluding diaryl/α,β-unsaturated/α-hetero) is 2. The second-order valence-corrected chi connectivity index (χ2v) is 35.1. The molecule has 6 aromatic rings. The molecule has 594 valence electrons. The molecule has 0 unspecified atom stereocenters. The van der Waals surface area contributed by atoms with Crippen molar-refractivity contribution in [2.45, 2.75) is 226 Å². The van der Waals surface area contributed by atoms with Crippen LogP contribution in [-0.2, 0) is 47.9 Å². The smallest absolute Gasteiger partial charge is 0.350 e. The molecule has 0 bridgehead atoms. The molecule has 2 aliphatic rings. The topological polar surface area (TPSA) is 213 Å². The zero-order chi connectivity index (χ0) is 81.7. The Balaban J connectivity index is 0.000000282. The van der Waals surface area contributed by atoms with Crippen molar-refractivity contribution in [1.29, 1.82) is 0 Å². The Hall–Kier alpha value is -7.68. The highest BCUT2D eigenvalue weighted by molar-refractivity contribution is 7.99. The zero-order valence-electron chi connectivity index (χ0n) is 69.3. The lowest BCUT2D eigenvalue weighted by Gasteiger charge is -2.30. The maximum atomic E-state index is 13.4. The second-order valence-electron chi connectivity index (χ2n) is 32.4. The number of hydrogen-bond donors (Lipinski definition) is 2. The number of aliphatic carboxylic acids is 2. The van der Waals surface area contributed by atoms with Gasteiger partial charge in [-0.1, -0.05) is 73.7 Å². The third-order valence-electron chi connectivity index (χ3n) is 18.9. The lowest BCUT2D eigenvalue weighted by atomic mass is 9.84. The van der Waals surface area contributed by atoms with Gasteiger partial charge in [0.1, 0.15) is 28.5 Å². The highest BCUT2D eigenvalue weighted by Crippen LogP contribution is 2.37. The molecule has 2 aliphatic heterocycles. The summed E-state index contributed by atoms with van der Waals surface area (Å²) in [5.41, 5.74) is 7.06. The van der Waals surface area contributed by atoms with E-state index in [9.17, 15) is 38.7 Å². The number of rotatable bonds is 29. The van der Waals surface area contributed by atoms with Crippen LogP contribution in [0.2, 0.25) is 0 Å². The predicted molar refractivity (Wildman–Crippen MR) is 444 cm³/mol. The van der Waals surface area contributed by atoms with Gasteiger partial charge >= 0.3 is 23.9 Å². The van der Waals surface area contributed by atoms with Crippen molar-refractivity contribution in [1.82, 2.24) is 9.80 Å². The van der Waals surface area contributed by atoms with Crippen LogP contribution in [0.4, 0.5) is 0 Å². The van der Waals surface area contributed by atoms with E-state index < -0.39 is 45.9 Å². The van der Waals surface area contributed by atoms with Crippen LogP contribution >= 0.6 is 35.3 Å². The number of likely N-dealkylation sites (tertiary alicyclic amines) is 2. The summed E-state index contributed by atoms with van der Waals surface area (Å²) in [7, 11) is 4.19. The fourth-order valence-electron chi connectivity index (χ4n) is 13.2. The molecule has 0 aliphatic carbocycles. The first-order chi connectivity index (χ1) is 50.8. The van der Waals surface area contributed by atoms with E-state index in [0.29, 0.717) is 35.3 Å². The van der Waals surface area contributed by atoms with Gasteiger partial charge in [-0.3, -0.25) is 19.2 Å². The lowest BCUT2D eigenvalue weighted by Crippen LogP contribution is -2.43. The molecule has 6 aromatic carbocycles. The van der Waals surface area contributed by atoms with Gasteiger partial charge in [0, 0.05) is 75.8 Å². The average molecular weight is 1550 g/mol. The van der Waals surface area contributed by atoms with Gasteiger partial charge in [-0.15, -0.1) is 35.3 Å². The highest BCUT2D eigenvalue weighted by atomic mass is 32.2. The highest BCUT2D eigenvalue weighted by Gasteiger charge is 2.40. The first-order valence-corrected chi connectivity index (χ1v) is 41.4. The third kappa shape index (κ3) is 28.9. The summed E-state index contributed by atoms with van der Waals surface area (Å²) in [4.78, 5) is 93.2. The van der Waals surface area contributed by atoms with Gasteiger partial charge in [0.05, 0.1) is 0 Å². The summed E-state index contributed by atoms with van der Waals surface area (Å²) in [6.07, 6.45) is 15.9. The van der Waals surface area contributed by atoms with E-state index in [0.717, 1.165) is 137 Å². The van der Waals surface area contributed by atoms with E-state index in [4.69, 9.17) is 28.8 Å². The van der Waals surface area contributed by atoms with E-state index in [2.05, 4.69) is 60.3 Å². The Kier molecular flexibility index (Phi) is 34.6. The molecular formula is C90H122N2O14S3. The van der Waals surface area contributed by atoms with Crippen LogP contribution in [0.5, 0.6) is 17.2 Å². The number of aryl methyl sites for hydroxylation is 9. The van der Waals surface area contributed by atoms with E-state index in [-0.39, 0.29) is 35.2 Å². The van der Waals surface area contributed by atoms with E-state index >= 15 is 0 Å². The van der Waals surface area contributed by atoms with Crippen molar-refractivity contribution in [3.8, 4) is 17.2 Å². The van der Waals surface area contributed by atoms with E-state index in [1.54, 1.807) is 82.9 Å². The first kappa shape index (κ1) is 91.9. The van der Waals surface area contributed by atoms with E-state index in [1.165, 1.54) is 16.0 Å². The number of carbonyl (C=O) groups is 7. The van der Waals surface area contributed by atoms with Gasteiger partial charge in [0.25, 0.3) is 0 Å². The van der Waals surface area contributed by atoms with Gasteiger partial charge in [0.2, 0.25) is 0 Å². The quantitative estimate of drug-likeness (QED) is 0.0193. The van der Waals surface area contributed by atoms with E-state index in [1.807, 2.05) is 188 Å². The monoisotopic (exact) mass is 1550 g/mol. The van der Waals surface area contributed by atoms with Crippen molar-refractivity contribution < 1.29 is 67.5 Å². The number of nitrogens with zero attached hydrogens (tertiary/aromatic N) is 2. The predicted octanol–water partition coefficient (Wildman–Crippen LogP) is 19.5. The molecule has 19 heteroatoms. The molecular weight excluding hydrogens is 1430 g/mol. The molecule has 2 fully saturated rings. The minimum Gasteiger partial charge on any atom is -0.481 e. The molecule has 0 saturated carbocycles. The Bertz CT molecular complexity index is 4040. The normalized spacial score (nSPS) is 16.2. The first-order valence-electron chi connectivity index (χ1n) is 37.7. The number of esters is 2. The lowest BCUT2D eigenvalue weighted by molar-refractivity contribution is -0.171. The maximum Gasteiger partial charge on any atom is 0.350 e. The van der Waals surface area contributed by atoms with Crippen LogP contribution in [0.1, 0.15) is 203 Å². The second kappa shape index (κ2) is 41.0. The minimum atomic E-state index is -1.28. The Morgan fingerprint density at radius 2 is 0.752 bits per heavy atom. The molecule has 0 spiro atoms. The molecule has 0 aromatic heterocycles. The number of carboxylic acid groups (broad SMARTS) is 2. The fraction of sp³-hybridized carbons (Fsp3) is 0.500. The van der Waals surface area contributed by atoms with Crippen LogP contribution in [-0.4, -0.2) is 148 Å². The standard InChI is InChI=1S/C31H43NO4S.C28H36O4S.C27H35NO4S.C4H8O2/c1-20-16-22(17-21(2)28(20)35-31(6,7)29(34)36-30(3,4)5)10-11-24-18-32(8)19-26(24)27(33)23-12-14-25(37-9)15-13-23;1-19-17-21(11-9-10-12-24(29)22-13-15-23(33-8)16-14-22)18-20(2)25(19)31-28(6,7)26(30)32-27(3,4)5;1-17-13-19(14-18(2)25(17)32-27(3,4)26(30)31)7-8-21-15-28(5)16-23(21)24(29)20-9-11-22(33-6)12-10-20;1-2-3-4(5)6/h12-17,24,26H,10-11,18-19H2,1-9H3;10,12-18H,9,11H2,1-8H3;9-14,21,23H,7-8,15-16H2,1-6H3,(H,30,31);2-3H2,1H3,(H,5,6)/b;12-10+;;/t24-,26-;;21-,23-;/m0.0./s1. The number of benzene rings is 6. The van der Waals surface area contributed by atoms with Gasteiger partial charge in [0.15, 0.2) is 34.2 Å². The molecule has 0 amide bonds.